The van der Waals surface area contributed by atoms with Gasteiger partial charge in [0.15, 0.2) is 5.75 Å². The number of carbonyl (C=O) groups is 1. The standard InChI is InChI=1S/C23H26BrN3O3/c1-15-4-6-17-20(12-15)30-19-7-5-16(24)13-18(19)25-21(17)27-10-8-26(9-11-27)14-23(2,3)22(28)29/h4-7,12-13H,8-11,14H2,1-3H3,(H,28,29). The molecule has 0 bridgehead atoms. The Morgan fingerprint density at radius 2 is 1.87 bits per heavy atom. The number of benzene rings is 2. The number of carboxylic acids is 1. The lowest BCUT2D eigenvalue weighted by molar-refractivity contribution is -0.148. The third kappa shape index (κ3) is 4.23. The van der Waals surface area contributed by atoms with Gasteiger partial charge in [-0.15, -0.1) is 0 Å². The van der Waals surface area contributed by atoms with E-state index in [0.717, 1.165) is 64.8 Å². The van der Waals surface area contributed by atoms with E-state index in [0.29, 0.717) is 6.54 Å². The van der Waals surface area contributed by atoms with Gasteiger partial charge < -0.3 is 14.7 Å². The molecule has 0 amide bonds. The summed E-state index contributed by atoms with van der Waals surface area (Å²) in [5.74, 6) is 1.69. The molecule has 2 aliphatic rings. The van der Waals surface area contributed by atoms with Crippen LogP contribution in [-0.4, -0.2) is 59.4 Å². The largest absolute Gasteiger partial charge is 0.481 e. The number of carboxylic acid groups (broad SMARTS) is 1. The highest BCUT2D eigenvalue weighted by atomic mass is 79.9. The average molecular weight is 472 g/mol. The van der Waals surface area contributed by atoms with Crippen LogP contribution in [0, 0.1) is 12.3 Å². The molecule has 1 fully saturated rings. The summed E-state index contributed by atoms with van der Waals surface area (Å²) in [6.07, 6.45) is 0. The number of nitrogens with zero attached hydrogens (tertiary/aromatic N) is 3. The maximum absolute atomic E-state index is 11.5. The zero-order valence-corrected chi connectivity index (χ0v) is 19.1. The fraction of sp³-hybridized carbons (Fsp3) is 0.391. The topological polar surface area (TPSA) is 65.4 Å². The summed E-state index contributed by atoms with van der Waals surface area (Å²) in [5.41, 5.74) is 2.15. The van der Waals surface area contributed by atoms with E-state index in [4.69, 9.17) is 9.73 Å². The third-order valence-electron chi connectivity index (χ3n) is 5.61. The number of amidine groups is 1. The maximum Gasteiger partial charge on any atom is 0.310 e. The molecule has 2 heterocycles. The summed E-state index contributed by atoms with van der Waals surface area (Å²) in [6.45, 7) is 9.31. The Kier molecular flexibility index (Phi) is 5.59. The predicted molar refractivity (Wildman–Crippen MR) is 121 cm³/mol. The summed E-state index contributed by atoms with van der Waals surface area (Å²) in [5, 5.41) is 9.43. The number of hydrogen-bond acceptors (Lipinski definition) is 5. The Morgan fingerprint density at radius 3 is 2.57 bits per heavy atom. The van der Waals surface area contributed by atoms with Gasteiger partial charge in [0.25, 0.3) is 0 Å². The van der Waals surface area contributed by atoms with Crippen molar-refractivity contribution in [3.05, 3.63) is 52.0 Å². The summed E-state index contributed by atoms with van der Waals surface area (Å²) >= 11 is 3.53. The van der Waals surface area contributed by atoms with Gasteiger partial charge in [-0.25, -0.2) is 4.99 Å². The van der Waals surface area contributed by atoms with Gasteiger partial charge in [0, 0.05) is 37.2 Å². The fourth-order valence-corrected chi connectivity index (χ4v) is 4.19. The zero-order chi connectivity index (χ0) is 21.5. The van der Waals surface area contributed by atoms with Gasteiger partial charge in [0.2, 0.25) is 0 Å². The van der Waals surface area contributed by atoms with Crippen molar-refractivity contribution in [3.8, 4) is 11.5 Å². The maximum atomic E-state index is 11.5. The van der Waals surface area contributed by atoms with Crippen LogP contribution in [0.15, 0.2) is 45.9 Å². The molecule has 1 N–H and O–H groups in total. The normalized spacial score (nSPS) is 16.8. The summed E-state index contributed by atoms with van der Waals surface area (Å²) in [7, 11) is 0. The first-order valence-corrected chi connectivity index (χ1v) is 10.9. The minimum absolute atomic E-state index is 0.539. The number of aliphatic imine (C=N–C) groups is 1. The molecule has 0 aromatic heterocycles. The van der Waals surface area contributed by atoms with Gasteiger partial charge in [0.05, 0.1) is 11.0 Å². The second-order valence-electron chi connectivity index (χ2n) is 8.60. The average Bonchev–Trinajstić information content (AvgIpc) is 2.84. The Balaban J connectivity index is 1.62. The van der Waals surface area contributed by atoms with Gasteiger partial charge >= 0.3 is 5.97 Å². The van der Waals surface area contributed by atoms with Crippen LogP contribution in [0.25, 0.3) is 0 Å². The lowest BCUT2D eigenvalue weighted by Crippen LogP contribution is -2.52. The van der Waals surface area contributed by atoms with E-state index in [-0.39, 0.29) is 0 Å². The van der Waals surface area contributed by atoms with Crippen LogP contribution in [0.1, 0.15) is 25.0 Å². The minimum Gasteiger partial charge on any atom is -0.481 e. The highest BCUT2D eigenvalue weighted by Gasteiger charge is 2.32. The predicted octanol–water partition coefficient (Wildman–Crippen LogP) is 4.67. The molecule has 4 rings (SSSR count). The van der Waals surface area contributed by atoms with E-state index in [1.54, 1.807) is 13.8 Å². The number of aliphatic carboxylic acids is 1. The van der Waals surface area contributed by atoms with E-state index in [2.05, 4.69) is 44.8 Å². The number of rotatable bonds is 3. The molecule has 2 aliphatic heterocycles. The molecule has 0 aliphatic carbocycles. The molecule has 7 heteroatoms. The van der Waals surface area contributed by atoms with Crippen molar-refractivity contribution in [1.82, 2.24) is 9.80 Å². The first kappa shape index (κ1) is 20.9. The summed E-state index contributed by atoms with van der Waals surface area (Å²) < 4.78 is 7.19. The molecule has 2 aromatic rings. The van der Waals surface area contributed by atoms with Gasteiger partial charge in [-0.3, -0.25) is 9.69 Å². The molecule has 0 unspecified atom stereocenters. The van der Waals surface area contributed by atoms with Crippen molar-refractivity contribution in [3.63, 3.8) is 0 Å². The molecule has 30 heavy (non-hydrogen) atoms. The van der Waals surface area contributed by atoms with Crippen LogP contribution >= 0.6 is 15.9 Å². The van der Waals surface area contributed by atoms with Crippen molar-refractivity contribution in [2.24, 2.45) is 10.4 Å². The van der Waals surface area contributed by atoms with E-state index < -0.39 is 11.4 Å². The highest BCUT2D eigenvalue weighted by Crippen LogP contribution is 2.40. The van der Waals surface area contributed by atoms with Crippen LogP contribution in [0.3, 0.4) is 0 Å². The molecule has 0 spiro atoms. The van der Waals surface area contributed by atoms with Crippen LogP contribution in [0.2, 0.25) is 0 Å². The number of aryl methyl sites for hydroxylation is 1. The van der Waals surface area contributed by atoms with E-state index in [9.17, 15) is 9.90 Å². The first-order chi connectivity index (χ1) is 14.2. The van der Waals surface area contributed by atoms with Crippen LogP contribution in [0.4, 0.5) is 5.69 Å². The second-order valence-corrected chi connectivity index (χ2v) is 9.52. The van der Waals surface area contributed by atoms with Crippen LogP contribution in [0.5, 0.6) is 11.5 Å². The number of ether oxygens (including phenoxy) is 1. The number of halogens is 1. The Morgan fingerprint density at radius 1 is 1.13 bits per heavy atom. The number of fused-ring (bicyclic) bond motifs is 2. The number of hydrogen-bond donors (Lipinski definition) is 1. The Labute approximate surface area is 185 Å². The van der Waals surface area contributed by atoms with Gasteiger partial charge in [-0.1, -0.05) is 22.0 Å². The SMILES string of the molecule is Cc1ccc2c(c1)Oc1ccc(Br)cc1N=C2N1CCN(CC(C)(C)C(=O)O)CC1. The van der Waals surface area contributed by atoms with Gasteiger partial charge in [-0.05, 0) is 56.7 Å². The molecule has 2 aromatic carbocycles. The van der Waals surface area contributed by atoms with Crippen LogP contribution < -0.4 is 4.74 Å². The van der Waals surface area contributed by atoms with Crippen LogP contribution in [-0.2, 0) is 4.79 Å². The number of piperazine rings is 1. The fourth-order valence-electron chi connectivity index (χ4n) is 3.84. The van der Waals surface area contributed by atoms with Crippen molar-refractivity contribution in [2.75, 3.05) is 32.7 Å². The molecule has 1 saturated heterocycles. The molecular formula is C23H26BrN3O3. The zero-order valence-electron chi connectivity index (χ0n) is 17.5. The van der Waals surface area contributed by atoms with E-state index >= 15 is 0 Å². The monoisotopic (exact) mass is 471 g/mol. The third-order valence-corrected chi connectivity index (χ3v) is 6.11. The van der Waals surface area contributed by atoms with Crippen molar-refractivity contribution >= 4 is 33.4 Å². The Hall–Kier alpha value is -2.38. The smallest absolute Gasteiger partial charge is 0.310 e. The van der Waals surface area contributed by atoms with E-state index in [1.165, 1.54) is 0 Å². The quantitative estimate of drug-likeness (QED) is 0.704. The van der Waals surface area contributed by atoms with Gasteiger partial charge in [-0.2, -0.15) is 0 Å². The molecule has 0 saturated carbocycles. The molecule has 158 valence electrons. The minimum atomic E-state index is -0.762. The Bertz CT molecular complexity index is 1010. The first-order valence-electron chi connectivity index (χ1n) is 10.1. The van der Waals surface area contributed by atoms with Crippen molar-refractivity contribution in [1.29, 1.82) is 0 Å². The van der Waals surface area contributed by atoms with Crippen molar-refractivity contribution in [2.45, 2.75) is 20.8 Å². The molecular weight excluding hydrogens is 446 g/mol. The second kappa shape index (κ2) is 8.04. The van der Waals surface area contributed by atoms with Gasteiger partial charge in [0.1, 0.15) is 17.3 Å². The lowest BCUT2D eigenvalue weighted by Gasteiger charge is -2.39. The lowest BCUT2D eigenvalue weighted by atomic mass is 9.93. The summed E-state index contributed by atoms with van der Waals surface area (Å²) in [4.78, 5) is 21.0. The highest BCUT2D eigenvalue weighted by molar-refractivity contribution is 9.10. The molecule has 0 radical (unpaired) electrons. The molecule has 6 nitrogen and oxygen atoms in total. The summed E-state index contributed by atoms with van der Waals surface area (Å²) in [6, 6.07) is 12.1. The van der Waals surface area contributed by atoms with Crippen molar-refractivity contribution < 1.29 is 14.6 Å². The molecule has 0 atom stereocenters. The van der Waals surface area contributed by atoms with E-state index in [1.807, 2.05) is 24.3 Å².